The van der Waals surface area contributed by atoms with Crippen LogP contribution < -0.4 is 5.56 Å². The van der Waals surface area contributed by atoms with E-state index in [0.717, 1.165) is 6.42 Å². The van der Waals surface area contributed by atoms with Crippen LogP contribution in [0.4, 0.5) is 0 Å². The number of nitrogens with zero attached hydrogens (tertiary/aromatic N) is 1. The van der Waals surface area contributed by atoms with Gasteiger partial charge < -0.3 is 10.1 Å². The standard InChI is InChI=1S/C9H11BrN2O3/c1-2-3-5(9(14)15)7-6(10)8(13)12-4-11-7/h4-5H,2-3H2,1H3,(H,14,15)(H,11,12,13). The highest BCUT2D eigenvalue weighted by atomic mass is 79.9. The van der Waals surface area contributed by atoms with E-state index in [1.807, 2.05) is 6.92 Å². The fourth-order valence-corrected chi connectivity index (χ4v) is 1.80. The first-order valence-electron chi connectivity index (χ1n) is 4.53. The van der Waals surface area contributed by atoms with Crippen LogP contribution in [0.25, 0.3) is 0 Å². The van der Waals surface area contributed by atoms with Gasteiger partial charge in [0.2, 0.25) is 0 Å². The number of aliphatic carboxylic acids is 1. The molecule has 5 nitrogen and oxygen atoms in total. The molecule has 1 unspecified atom stereocenters. The molecule has 0 spiro atoms. The Morgan fingerprint density at radius 1 is 1.73 bits per heavy atom. The summed E-state index contributed by atoms with van der Waals surface area (Å²) >= 11 is 3.05. The van der Waals surface area contributed by atoms with E-state index in [1.54, 1.807) is 0 Å². The maximum absolute atomic E-state index is 11.2. The zero-order valence-electron chi connectivity index (χ0n) is 8.16. The van der Waals surface area contributed by atoms with Crippen molar-refractivity contribution in [3.63, 3.8) is 0 Å². The van der Waals surface area contributed by atoms with Gasteiger partial charge in [-0.1, -0.05) is 13.3 Å². The third kappa shape index (κ3) is 2.65. The van der Waals surface area contributed by atoms with Crippen molar-refractivity contribution in [1.29, 1.82) is 0 Å². The van der Waals surface area contributed by atoms with Crippen molar-refractivity contribution in [1.82, 2.24) is 9.97 Å². The highest BCUT2D eigenvalue weighted by Crippen LogP contribution is 2.23. The SMILES string of the molecule is CCCC(C(=O)O)c1nc[nH]c(=O)c1Br. The molecule has 0 saturated heterocycles. The molecule has 1 heterocycles. The van der Waals surface area contributed by atoms with Gasteiger partial charge in [0.15, 0.2) is 0 Å². The Morgan fingerprint density at radius 2 is 2.40 bits per heavy atom. The van der Waals surface area contributed by atoms with Gasteiger partial charge in [-0.15, -0.1) is 0 Å². The molecule has 1 atom stereocenters. The lowest BCUT2D eigenvalue weighted by Gasteiger charge is -2.10. The Bertz CT molecular complexity index is 416. The van der Waals surface area contributed by atoms with Gasteiger partial charge in [0.1, 0.15) is 10.4 Å². The summed E-state index contributed by atoms with van der Waals surface area (Å²) in [6, 6.07) is 0. The van der Waals surface area contributed by atoms with Crippen LogP contribution in [0, 0.1) is 0 Å². The lowest BCUT2D eigenvalue weighted by Crippen LogP contribution is -2.18. The van der Waals surface area contributed by atoms with Crippen molar-refractivity contribution in [2.45, 2.75) is 25.7 Å². The second-order valence-electron chi connectivity index (χ2n) is 3.11. The minimum absolute atomic E-state index is 0.200. The topological polar surface area (TPSA) is 83.0 Å². The van der Waals surface area contributed by atoms with Crippen molar-refractivity contribution in [2.24, 2.45) is 0 Å². The zero-order chi connectivity index (χ0) is 11.4. The van der Waals surface area contributed by atoms with Crippen LogP contribution in [0.5, 0.6) is 0 Å². The number of hydrogen-bond donors (Lipinski definition) is 2. The van der Waals surface area contributed by atoms with Crippen LogP contribution in [0.15, 0.2) is 15.6 Å². The summed E-state index contributed by atoms with van der Waals surface area (Å²) in [6.45, 7) is 1.89. The molecule has 0 radical (unpaired) electrons. The maximum Gasteiger partial charge on any atom is 0.312 e. The molecule has 0 aromatic carbocycles. The van der Waals surface area contributed by atoms with E-state index in [1.165, 1.54) is 6.33 Å². The summed E-state index contributed by atoms with van der Waals surface area (Å²) in [5.74, 6) is -1.69. The molecule has 0 aliphatic heterocycles. The first-order chi connectivity index (χ1) is 7.07. The Morgan fingerprint density at radius 3 is 2.93 bits per heavy atom. The normalized spacial score (nSPS) is 12.4. The third-order valence-corrected chi connectivity index (χ3v) is 2.80. The van der Waals surface area contributed by atoms with E-state index < -0.39 is 11.9 Å². The van der Waals surface area contributed by atoms with Gasteiger partial charge in [-0.05, 0) is 22.4 Å². The molecule has 0 bridgehead atoms. The molecule has 0 saturated carbocycles. The lowest BCUT2D eigenvalue weighted by atomic mass is 10.00. The molecular formula is C9H11BrN2O3. The van der Waals surface area contributed by atoms with Crippen molar-refractivity contribution in [2.75, 3.05) is 0 Å². The van der Waals surface area contributed by atoms with Crippen molar-refractivity contribution in [3.8, 4) is 0 Å². The lowest BCUT2D eigenvalue weighted by molar-refractivity contribution is -0.139. The number of carboxylic acid groups (broad SMARTS) is 1. The van der Waals surface area contributed by atoms with E-state index in [2.05, 4.69) is 25.9 Å². The van der Waals surface area contributed by atoms with Crippen LogP contribution in [0.1, 0.15) is 31.4 Å². The van der Waals surface area contributed by atoms with Gasteiger partial charge >= 0.3 is 5.97 Å². The van der Waals surface area contributed by atoms with Gasteiger partial charge in [-0.25, -0.2) is 4.98 Å². The average molecular weight is 275 g/mol. The van der Waals surface area contributed by atoms with Crippen LogP contribution in [-0.4, -0.2) is 21.0 Å². The highest BCUT2D eigenvalue weighted by Gasteiger charge is 2.23. The molecule has 0 aliphatic carbocycles. The molecule has 0 amide bonds. The number of hydrogen-bond acceptors (Lipinski definition) is 3. The molecule has 0 fully saturated rings. The molecule has 82 valence electrons. The smallest absolute Gasteiger partial charge is 0.312 e. The molecule has 0 aliphatic rings. The summed E-state index contributed by atoms with van der Waals surface area (Å²) in [4.78, 5) is 28.5. The third-order valence-electron chi connectivity index (χ3n) is 2.03. The first-order valence-corrected chi connectivity index (χ1v) is 5.33. The maximum atomic E-state index is 11.2. The Labute approximate surface area is 94.7 Å². The molecule has 1 rings (SSSR count). The quantitative estimate of drug-likeness (QED) is 0.872. The van der Waals surface area contributed by atoms with E-state index in [9.17, 15) is 9.59 Å². The fraction of sp³-hybridized carbons (Fsp3) is 0.444. The predicted molar refractivity (Wildman–Crippen MR) is 57.8 cm³/mol. The molecular weight excluding hydrogens is 264 g/mol. The van der Waals surface area contributed by atoms with Gasteiger partial charge in [0, 0.05) is 0 Å². The van der Waals surface area contributed by atoms with Gasteiger partial charge in [-0.2, -0.15) is 0 Å². The van der Waals surface area contributed by atoms with E-state index in [4.69, 9.17) is 5.11 Å². The summed E-state index contributed by atoms with van der Waals surface area (Å²) < 4.78 is 0.200. The minimum Gasteiger partial charge on any atom is -0.481 e. The van der Waals surface area contributed by atoms with Gasteiger partial charge in [0.05, 0.1) is 12.0 Å². The number of halogens is 1. The van der Waals surface area contributed by atoms with E-state index in [-0.39, 0.29) is 15.7 Å². The number of rotatable bonds is 4. The molecule has 6 heteroatoms. The number of aromatic amines is 1. The Hall–Kier alpha value is -1.17. The van der Waals surface area contributed by atoms with E-state index in [0.29, 0.717) is 6.42 Å². The largest absolute Gasteiger partial charge is 0.481 e. The van der Waals surface area contributed by atoms with Crippen molar-refractivity contribution >= 4 is 21.9 Å². The summed E-state index contributed by atoms with van der Waals surface area (Å²) in [5.41, 5.74) is -0.0737. The second-order valence-corrected chi connectivity index (χ2v) is 3.90. The molecule has 15 heavy (non-hydrogen) atoms. The number of H-pyrrole nitrogens is 1. The fourth-order valence-electron chi connectivity index (χ4n) is 1.31. The summed E-state index contributed by atoms with van der Waals surface area (Å²) in [6.07, 6.45) is 2.40. The van der Waals surface area contributed by atoms with Crippen LogP contribution >= 0.6 is 15.9 Å². The monoisotopic (exact) mass is 274 g/mol. The highest BCUT2D eigenvalue weighted by molar-refractivity contribution is 9.10. The minimum atomic E-state index is -0.962. The number of nitrogens with one attached hydrogen (secondary N) is 1. The van der Waals surface area contributed by atoms with E-state index >= 15 is 0 Å². The molecule has 2 N–H and O–H groups in total. The predicted octanol–water partition coefficient (Wildman–Crippen LogP) is 1.50. The number of carboxylic acids is 1. The average Bonchev–Trinajstić information content (AvgIpc) is 2.19. The first kappa shape index (κ1) is 11.9. The Kier molecular flexibility index (Phi) is 4.02. The van der Waals surface area contributed by atoms with Gasteiger partial charge in [0.25, 0.3) is 5.56 Å². The second kappa shape index (κ2) is 5.06. The van der Waals surface area contributed by atoms with Crippen molar-refractivity contribution in [3.05, 3.63) is 26.8 Å². The molecule has 1 aromatic rings. The summed E-state index contributed by atoms with van der Waals surface area (Å²) in [5, 5.41) is 9.00. The van der Waals surface area contributed by atoms with Crippen molar-refractivity contribution < 1.29 is 9.90 Å². The summed E-state index contributed by atoms with van der Waals surface area (Å²) in [7, 11) is 0. The number of carbonyl (C=O) groups is 1. The Balaban J connectivity index is 3.17. The zero-order valence-corrected chi connectivity index (χ0v) is 9.74. The van der Waals surface area contributed by atoms with Crippen LogP contribution in [-0.2, 0) is 4.79 Å². The van der Waals surface area contributed by atoms with Crippen LogP contribution in [0.2, 0.25) is 0 Å². The molecule has 1 aromatic heterocycles. The van der Waals surface area contributed by atoms with Gasteiger partial charge in [-0.3, -0.25) is 9.59 Å². The van der Waals surface area contributed by atoms with Crippen LogP contribution in [0.3, 0.4) is 0 Å². The number of aromatic nitrogens is 2.